The van der Waals surface area contributed by atoms with Crippen LogP contribution in [-0.2, 0) is 0 Å². The zero-order valence-corrected chi connectivity index (χ0v) is 16.5. The molecule has 128 valence electrons. The van der Waals surface area contributed by atoms with Crippen LogP contribution in [0.25, 0.3) is 0 Å². The molecule has 0 aliphatic heterocycles. The van der Waals surface area contributed by atoms with Gasteiger partial charge >= 0.3 is 146 Å². The van der Waals surface area contributed by atoms with Gasteiger partial charge < -0.3 is 0 Å². The molecule has 0 radical (unpaired) electrons. The Bertz CT molecular complexity index is 584. The van der Waals surface area contributed by atoms with Crippen LogP contribution in [0.3, 0.4) is 0 Å². The molecule has 0 aliphatic rings. The van der Waals surface area contributed by atoms with Gasteiger partial charge in [0.1, 0.15) is 0 Å². The quantitative estimate of drug-likeness (QED) is 0.385. The van der Waals surface area contributed by atoms with E-state index in [1.165, 1.54) is 38.5 Å². The molecule has 3 heterocycles. The van der Waals surface area contributed by atoms with Gasteiger partial charge in [0.05, 0.1) is 0 Å². The fourth-order valence-corrected chi connectivity index (χ4v) is 12.3. The molecule has 0 saturated heterocycles. The van der Waals surface area contributed by atoms with Crippen LogP contribution in [0.4, 0.5) is 0 Å². The van der Waals surface area contributed by atoms with Crippen LogP contribution in [-0.4, -0.2) is 13.3 Å². The molecule has 0 amide bonds. The molecule has 3 rings (SSSR count). The van der Waals surface area contributed by atoms with E-state index in [1.807, 2.05) is 18.2 Å². The fraction of sp³-hybridized carbons (Fsp3) is 0.400. The maximum atomic E-state index is 5.91. The van der Waals surface area contributed by atoms with Gasteiger partial charge in [0.15, 0.2) is 0 Å². The van der Waals surface area contributed by atoms with Crippen LogP contribution in [0, 0.1) is 0 Å². The molecule has 0 fully saturated rings. The second-order valence-electron chi connectivity index (χ2n) is 6.36. The zero-order chi connectivity index (χ0) is 16.7. The maximum absolute atomic E-state index is 5.91. The Morgan fingerprint density at radius 2 is 1.12 bits per heavy atom. The Kier molecular flexibility index (Phi) is 6.08. The summed E-state index contributed by atoms with van der Waals surface area (Å²) in [7, 11) is 0. The number of unbranched alkanes of at least 4 members (excludes halogenated alkanes) is 5. The van der Waals surface area contributed by atoms with Gasteiger partial charge in [-0.2, -0.15) is 0 Å². The minimum absolute atomic E-state index is 1.06. The second-order valence-corrected chi connectivity index (χ2v) is 14.3. The third-order valence-electron chi connectivity index (χ3n) is 4.73. The van der Waals surface area contributed by atoms with Crippen molar-refractivity contribution < 1.29 is 13.3 Å². The van der Waals surface area contributed by atoms with Crippen molar-refractivity contribution in [2.75, 3.05) is 0 Å². The summed E-state index contributed by atoms with van der Waals surface area (Å²) in [5.74, 6) is 0. The summed E-state index contributed by atoms with van der Waals surface area (Å²) >= 11 is -2.98. The van der Waals surface area contributed by atoms with E-state index in [9.17, 15) is 0 Å². The Morgan fingerprint density at radius 1 is 0.667 bits per heavy atom. The van der Waals surface area contributed by atoms with Gasteiger partial charge in [0, 0.05) is 0 Å². The molecule has 3 aromatic heterocycles. The summed E-state index contributed by atoms with van der Waals surface area (Å²) in [6, 6.07) is 12.2. The minimum atomic E-state index is -2.98. The van der Waals surface area contributed by atoms with E-state index in [2.05, 4.69) is 25.1 Å². The van der Waals surface area contributed by atoms with E-state index in [0.29, 0.717) is 0 Å². The van der Waals surface area contributed by atoms with Crippen molar-refractivity contribution >= 4 is 27.0 Å². The zero-order valence-electron chi connectivity index (χ0n) is 14.4. The molecule has 0 aromatic carbocycles. The third kappa shape index (κ3) is 3.56. The molecule has 3 aromatic rings. The second kappa shape index (κ2) is 8.47. The van der Waals surface area contributed by atoms with Crippen molar-refractivity contribution in [1.29, 1.82) is 0 Å². The van der Waals surface area contributed by atoms with E-state index in [1.54, 1.807) is 18.8 Å². The van der Waals surface area contributed by atoms with Crippen LogP contribution in [0.15, 0.2) is 68.4 Å². The Morgan fingerprint density at radius 3 is 1.54 bits per heavy atom. The molecule has 0 spiro atoms. The Hall–Kier alpha value is -1.62. The molecular weight excluding hydrogens is 361 g/mol. The molecule has 4 heteroatoms. The molecule has 0 bridgehead atoms. The van der Waals surface area contributed by atoms with Gasteiger partial charge in [-0.25, -0.2) is 0 Å². The van der Waals surface area contributed by atoms with Crippen molar-refractivity contribution in [3.63, 3.8) is 0 Å². The summed E-state index contributed by atoms with van der Waals surface area (Å²) in [5, 5.41) is 1.10. The summed E-state index contributed by atoms with van der Waals surface area (Å²) in [6.07, 6.45) is 13.0. The van der Waals surface area contributed by atoms with E-state index < -0.39 is 13.3 Å². The van der Waals surface area contributed by atoms with Gasteiger partial charge in [-0.1, -0.05) is 0 Å². The standard InChI is InChI=1S/C20H26GeO3/c1-2-3-4-5-6-7-14-21(18-11-8-15-22-18,19-12-9-16-23-19)20-13-10-17-24-20/h8-13,15-17H,2-7,14H2,1H3. The summed E-state index contributed by atoms with van der Waals surface area (Å²) in [6.45, 7) is 2.26. The normalized spacial score (nSPS) is 11.9. The van der Waals surface area contributed by atoms with Crippen LogP contribution in [0.2, 0.25) is 5.25 Å². The first-order chi connectivity index (χ1) is 11.9. The molecular formula is C20H26GeO3. The van der Waals surface area contributed by atoms with Gasteiger partial charge in [0.2, 0.25) is 0 Å². The summed E-state index contributed by atoms with van der Waals surface area (Å²) in [4.78, 5) is 0. The van der Waals surface area contributed by atoms with Gasteiger partial charge in [0.25, 0.3) is 0 Å². The molecule has 0 atom stereocenters. The SMILES string of the molecule is CCCCCCC[CH2][Ge]([c]1ccco1)([c]1ccco1)[c]1ccco1. The average Bonchev–Trinajstić information content (AvgIpc) is 3.37. The summed E-state index contributed by atoms with van der Waals surface area (Å²) < 4.78 is 20.9. The molecule has 0 saturated carbocycles. The van der Waals surface area contributed by atoms with Crippen molar-refractivity contribution in [1.82, 2.24) is 0 Å². The Balaban J connectivity index is 1.86. The Labute approximate surface area is 146 Å². The molecule has 0 unspecified atom stereocenters. The van der Waals surface area contributed by atoms with Crippen molar-refractivity contribution in [2.45, 2.75) is 50.7 Å². The van der Waals surface area contributed by atoms with E-state index in [0.717, 1.165) is 19.0 Å². The van der Waals surface area contributed by atoms with Crippen LogP contribution < -0.4 is 13.8 Å². The molecule has 0 aliphatic carbocycles. The van der Waals surface area contributed by atoms with Crippen molar-refractivity contribution in [3.8, 4) is 0 Å². The molecule has 0 N–H and O–H groups in total. The topological polar surface area (TPSA) is 39.4 Å². The van der Waals surface area contributed by atoms with Crippen molar-refractivity contribution in [2.24, 2.45) is 0 Å². The summed E-state index contributed by atoms with van der Waals surface area (Å²) in [5.41, 5.74) is 0. The van der Waals surface area contributed by atoms with E-state index >= 15 is 0 Å². The van der Waals surface area contributed by atoms with Crippen LogP contribution in [0.1, 0.15) is 45.4 Å². The number of hydrogen-bond acceptors (Lipinski definition) is 3. The van der Waals surface area contributed by atoms with Crippen LogP contribution in [0.5, 0.6) is 0 Å². The first kappa shape index (κ1) is 17.2. The first-order valence-electron chi connectivity index (χ1n) is 9.00. The molecule has 24 heavy (non-hydrogen) atoms. The number of furan rings is 3. The number of hydrogen-bond donors (Lipinski definition) is 0. The fourth-order valence-electron chi connectivity index (χ4n) is 3.47. The van der Waals surface area contributed by atoms with E-state index in [4.69, 9.17) is 13.3 Å². The average molecular weight is 387 g/mol. The first-order valence-corrected chi connectivity index (χ1v) is 13.6. The predicted octanol–water partition coefficient (Wildman–Crippen LogP) is 4.30. The van der Waals surface area contributed by atoms with Gasteiger partial charge in [-0.15, -0.1) is 0 Å². The van der Waals surface area contributed by atoms with Gasteiger partial charge in [-0.3, -0.25) is 0 Å². The number of rotatable bonds is 10. The third-order valence-corrected chi connectivity index (χ3v) is 14.1. The monoisotopic (exact) mass is 388 g/mol. The van der Waals surface area contributed by atoms with E-state index in [-0.39, 0.29) is 0 Å². The predicted molar refractivity (Wildman–Crippen MR) is 99.0 cm³/mol. The van der Waals surface area contributed by atoms with Crippen molar-refractivity contribution in [3.05, 3.63) is 55.2 Å². The van der Waals surface area contributed by atoms with Gasteiger partial charge in [-0.05, 0) is 0 Å². The molecule has 3 nitrogen and oxygen atoms in total. The van der Waals surface area contributed by atoms with Crippen LogP contribution >= 0.6 is 0 Å².